The summed E-state index contributed by atoms with van der Waals surface area (Å²) in [6, 6.07) is 6.30. The zero-order valence-corrected chi connectivity index (χ0v) is 16.9. The first-order valence-electron chi connectivity index (χ1n) is 9.21. The van der Waals surface area contributed by atoms with Crippen molar-refractivity contribution in [1.82, 2.24) is 10.2 Å². The van der Waals surface area contributed by atoms with Crippen molar-refractivity contribution in [1.29, 1.82) is 0 Å². The Bertz CT molecular complexity index is 988. The number of methoxy groups -OCH3 is 2. The van der Waals surface area contributed by atoms with Gasteiger partial charge in [0.05, 0.1) is 19.9 Å². The minimum Gasteiger partial charge on any atom is -0.497 e. The van der Waals surface area contributed by atoms with Crippen LogP contribution in [-0.2, 0) is 21.5 Å². The number of carbonyl (C=O) groups excluding carboxylic acids is 3. The van der Waals surface area contributed by atoms with Crippen LogP contribution in [0.15, 0.2) is 29.6 Å². The molecule has 1 aromatic heterocycles. The first-order chi connectivity index (χ1) is 14.0. The van der Waals surface area contributed by atoms with E-state index in [-0.39, 0.29) is 12.5 Å². The Kier molecular flexibility index (Phi) is 4.91. The quantitative estimate of drug-likeness (QED) is 0.732. The zero-order chi connectivity index (χ0) is 20.6. The fourth-order valence-electron chi connectivity index (χ4n) is 3.92. The molecule has 1 aliphatic heterocycles. The topological polar surface area (TPSA) is 97.0 Å². The molecule has 1 aliphatic carbocycles. The van der Waals surface area contributed by atoms with Gasteiger partial charge in [0.1, 0.15) is 23.6 Å². The van der Waals surface area contributed by atoms with E-state index in [9.17, 15) is 14.4 Å². The number of hydrogen-bond acceptors (Lipinski definition) is 6. The highest BCUT2D eigenvalue weighted by Gasteiger charge is 2.54. The molecule has 2 heterocycles. The van der Waals surface area contributed by atoms with Crippen molar-refractivity contribution < 1.29 is 23.9 Å². The first-order valence-corrected chi connectivity index (χ1v) is 10.1. The van der Waals surface area contributed by atoms with Crippen LogP contribution in [0.2, 0.25) is 0 Å². The van der Waals surface area contributed by atoms with Gasteiger partial charge in [-0.15, -0.1) is 11.3 Å². The van der Waals surface area contributed by atoms with Gasteiger partial charge in [-0.05, 0) is 42.8 Å². The van der Waals surface area contributed by atoms with Gasteiger partial charge in [0, 0.05) is 16.5 Å². The van der Waals surface area contributed by atoms with Crippen molar-refractivity contribution in [2.24, 2.45) is 0 Å². The van der Waals surface area contributed by atoms with Crippen molar-refractivity contribution in [2.75, 3.05) is 26.1 Å². The summed E-state index contributed by atoms with van der Waals surface area (Å²) in [5.74, 6) is 0.135. The van der Waals surface area contributed by atoms with E-state index < -0.39 is 17.5 Å². The second-order valence-electron chi connectivity index (χ2n) is 6.95. The maximum Gasteiger partial charge on any atom is 0.325 e. The van der Waals surface area contributed by atoms with Crippen LogP contribution < -0.4 is 20.1 Å². The summed E-state index contributed by atoms with van der Waals surface area (Å²) in [7, 11) is 3.01. The molecule has 1 fully saturated rings. The molecule has 1 atom stereocenters. The Balaban J connectivity index is 1.52. The van der Waals surface area contributed by atoms with E-state index in [4.69, 9.17) is 9.47 Å². The normalized spacial score (nSPS) is 20.4. The van der Waals surface area contributed by atoms with Crippen LogP contribution in [0.4, 0.5) is 10.5 Å². The number of benzene rings is 1. The number of aryl methyl sites for hydroxylation is 1. The van der Waals surface area contributed by atoms with Crippen molar-refractivity contribution in [3.05, 3.63) is 40.1 Å². The maximum atomic E-state index is 13.2. The lowest BCUT2D eigenvalue weighted by Crippen LogP contribution is -2.46. The Morgan fingerprint density at radius 2 is 2.10 bits per heavy atom. The van der Waals surface area contributed by atoms with Gasteiger partial charge >= 0.3 is 6.03 Å². The molecule has 0 radical (unpaired) electrons. The molecule has 152 valence electrons. The number of amides is 4. The number of thiophene rings is 1. The Morgan fingerprint density at radius 3 is 2.86 bits per heavy atom. The van der Waals surface area contributed by atoms with Crippen LogP contribution in [0.5, 0.6) is 11.5 Å². The lowest BCUT2D eigenvalue weighted by Gasteiger charge is -2.31. The monoisotopic (exact) mass is 415 g/mol. The SMILES string of the molecule is COc1ccc(NC(=O)CN2C(=O)N[C@]3(CCCc4sccc43)C2=O)c(OC)c1. The van der Waals surface area contributed by atoms with Crippen molar-refractivity contribution in [3.63, 3.8) is 0 Å². The van der Waals surface area contributed by atoms with Crippen LogP contribution in [0.25, 0.3) is 0 Å². The van der Waals surface area contributed by atoms with Gasteiger partial charge in [-0.1, -0.05) is 0 Å². The summed E-state index contributed by atoms with van der Waals surface area (Å²) in [5, 5.41) is 7.47. The van der Waals surface area contributed by atoms with E-state index in [0.29, 0.717) is 23.6 Å². The average molecular weight is 415 g/mol. The van der Waals surface area contributed by atoms with E-state index >= 15 is 0 Å². The molecule has 0 saturated carbocycles. The van der Waals surface area contributed by atoms with Crippen LogP contribution in [0.3, 0.4) is 0 Å². The number of anilines is 1. The second-order valence-corrected chi connectivity index (χ2v) is 7.95. The minimum atomic E-state index is -1.05. The third-order valence-electron chi connectivity index (χ3n) is 5.32. The van der Waals surface area contributed by atoms with E-state index in [2.05, 4.69) is 10.6 Å². The molecule has 2 aliphatic rings. The number of nitrogens with one attached hydrogen (secondary N) is 2. The third kappa shape index (κ3) is 3.21. The van der Waals surface area contributed by atoms with Crippen LogP contribution in [0.1, 0.15) is 23.3 Å². The van der Waals surface area contributed by atoms with E-state index in [1.54, 1.807) is 29.5 Å². The summed E-state index contributed by atoms with van der Waals surface area (Å²) in [4.78, 5) is 40.4. The zero-order valence-electron chi connectivity index (χ0n) is 16.1. The van der Waals surface area contributed by atoms with Gasteiger partial charge in [0.2, 0.25) is 5.91 Å². The molecule has 4 rings (SSSR count). The number of imide groups is 1. The standard InChI is InChI=1S/C20H21N3O5S/c1-27-12-5-6-14(15(10-12)28-2)21-17(24)11-23-18(25)20(22-19(23)26)8-3-4-16-13(20)7-9-29-16/h5-7,9-10H,3-4,8,11H2,1-2H3,(H,21,24)(H,22,26)/t20-/m0/s1. The summed E-state index contributed by atoms with van der Waals surface area (Å²) < 4.78 is 10.4. The molecule has 1 spiro atoms. The number of hydrogen-bond donors (Lipinski definition) is 2. The van der Waals surface area contributed by atoms with E-state index in [0.717, 1.165) is 28.2 Å². The van der Waals surface area contributed by atoms with Gasteiger partial charge in [-0.2, -0.15) is 0 Å². The van der Waals surface area contributed by atoms with Gasteiger partial charge in [-0.25, -0.2) is 4.79 Å². The minimum absolute atomic E-state index is 0.374. The summed E-state index contributed by atoms with van der Waals surface area (Å²) in [6.07, 6.45) is 2.24. The van der Waals surface area contributed by atoms with E-state index in [1.165, 1.54) is 14.2 Å². The van der Waals surface area contributed by atoms with E-state index in [1.807, 2.05) is 11.4 Å². The van der Waals surface area contributed by atoms with Crippen molar-refractivity contribution >= 4 is 34.9 Å². The third-order valence-corrected chi connectivity index (χ3v) is 6.30. The average Bonchev–Trinajstić information content (AvgIpc) is 3.29. The van der Waals surface area contributed by atoms with Gasteiger partial charge in [-0.3, -0.25) is 14.5 Å². The predicted octanol–water partition coefficient (Wildman–Crippen LogP) is 2.49. The summed E-state index contributed by atoms with van der Waals surface area (Å²) >= 11 is 1.59. The highest BCUT2D eigenvalue weighted by atomic mass is 32.1. The molecule has 4 amide bonds. The molecule has 29 heavy (non-hydrogen) atoms. The Labute approximate surface area is 171 Å². The largest absolute Gasteiger partial charge is 0.497 e. The Morgan fingerprint density at radius 1 is 1.28 bits per heavy atom. The summed E-state index contributed by atoms with van der Waals surface area (Å²) in [5.41, 5.74) is 0.229. The van der Waals surface area contributed by atoms with Gasteiger partial charge < -0.3 is 20.1 Å². The smallest absolute Gasteiger partial charge is 0.325 e. The van der Waals surface area contributed by atoms with Crippen LogP contribution in [0, 0.1) is 0 Å². The molecule has 8 nitrogen and oxygen atoms in total. The highest BCUT2D eigenvalue weighted by molar-refractivity contribution is 7.10. The maximum absolute atomic E-state index is 13.2. The number of ether oxygens (including phenoxy) is 2. The highest BCUT2D eigenvalue weighted by Crippen LogP contribution is 2.42. The van der Waals surface area contributed by atoms with Gasteiger partial charge in [0.15, 0.2) is 0 Å². The number of carbonyl (C=O) groups is 3. The van der Waals surface area contributed by atoms with Gasteiger partial charge in [0.25, 0.3) is 5.91 Å². The second kappa shape index (κ2) is 7.40. The number of fused-ring (bicyclic) bond motifs is 2. The lowest BCUT2D eigenvalue weighted by molar-refractivity contribution is -0.134. The Hall–Kier alpha value is -3.07. The fourth-order valence-corrected chi connectivity index (χ4v) is 4.92. The number of urea groups is 1. The molecule has 9 heteroatoms. The molecular formula is C20H21N3O5S. The van der Waals surface area contributed by atoms with Crippen molar-refractivity contribution in [3.8, 4) is 11.5 Å². The molecule has 0 bridgehead atoms. The molecule has 0 unspecified atom stereocenters. The molecular weight excluding hydrogens is 394 g/mol. The predicted molar refractivity (Wildman–Crippen MR) is 107 cm³/mol. The fraction of sp³-hybridized carbons (Fsp3) is 0.350. The molecule has 1 saturated heterocycles. The number of nitrogens with zero attached hydrogens (tertiary/aromatic N) is 1. The molecule has 1 aromatic carbocycles. The van der Waals surface area contributed by atoms with Crippen molar-refractivity contribution in [2.45, 2.75) is 24.8 Å². The summed E-state index contributed by atoms with van der Waals surface area (Å²) in [6.45, 7) is -0.374. The van der Waals surface area contributed by atoms with Crippen LogP contribution in [-0.4, -0.2) is 43.5 Å². The number of rotatable bonds is 5. The van der Waals surface area contributed by atoms with Crippen LogP contribution >= 0.6 is 11.3 Å². The lowest BCUT2D eigenvalue weighted by atomic mass is 9.80. The molecule has 2 aromatic rings. The molecule has 2 N–H and O–H groups in total. The first kappa shape index (κ1) is 19.3.